The van der Waals surface area contributed by atoms with E-state index in [4.69, 9.17) is 0 Å². The van der Waals surface area contributed by atoms with Gasteiger partial charge in [-0.25, -0.2) is 9.78 Å². The van der Waals surface area contributed by atoms with Crippen LogP contribution in [0, 0.1) is 0 Å². The summed E-state index contributed by atoms with van der Waals surface area (Å²) in [6.07, 6.45) is 14.8. The molecule has 2 aromatic rings. The van der Waals surface area contributed by atoms with Crippen molar-refractivity contribution in [3.8, 4) is 0 Å². The van der Waals surface area contributed by atoms with Crippen molar-refractivity contribution in [2.24, 2.45) is 7.05 Å². The quantitative estimate of drug-likeness (QED) is 0.315. The van der Waals surface area contributed by atoms with Crippen molar-refractivity contribution in [3.63, 3.8) is 0 Å². The number of aromatic nitrogens is 4. The number of fused-ring (bicyclic) bond motifs is 1. The van der Waals surface area contributed by atoms with Crippen molar-refractivity contribution in [1.82, 2.24) is 19.1 Å². The average Bonchev–Trinajstić information content (AvgIpc) is 3.07. The van der Waals surface area contributed by atoms with Gasteiger partial charge in [0.05, 0.1) is 0 Å². The molecular weight excluding hydrogens is 384 g/mol. The van der Waals surface area contributed by atoms with Gasteiger partial charge in [0.15, 0.2) is 16.3 Å². The lowest BCUT2D eigenvalue weighted by Crippen LogP contribution is -2.29. The zero-order valence-electron chi connectivity index (χ0n) is 18.5. The van der Waals surface area contributed by atoms with Gasteiger partial charge in [0.2, 0.25) is 0 Å². The van der Waals surface area contributed by atoms with E-state index in [1.54, 1.807) is 18.8 Å². The fourth-order valence-corrected chi connectivity index (χ4v) is 4.65. The van der Waals surface area contributed by atoms with Crippen LogP contribution in [0.3, 0.4) is 0 Å². The number of aryl methyl sites for hydroxylation is 2. The molecule has 29 heavy (non-hydrogen) atoms. The van der Waals surface area contributed by atoms with Crippen LogP contribution in [-0.2, 0) is 13.6 Å². The number of rotatable bonds is 15. The Bertz CT molecular complexity index is 853. The predicted octanol–water partition coefficient (Wildman–Crippen LogP) is 5.24. The SMILES string of the molecule is CCCCCCCCCCn1c(SCCCCCC)nc2c1c(=O)[nH]c(=O)n2C. The Hall–Kier alpha value is -1.50. The van der Waals surface area contributed by atoms with Gasteiger partial charge in [-0.15, -0.1) is 0 Å². The van der Waals surface area contributed by atoms with E-state index in [0.29, 0.717) is 11.2 Å². The van der Waals surface area contributed by atoms with E-state index < -0.39 is 5.69 Å². The van der Waals surface area contributed by atoms with Crippen LogP contribution in [0.4, 0.5) is 0 Å². The molecule has 2 rings (SSSR count). The van der Waals surface area contributed by atoms with E-state index in [9.17, 15) is 9.59 Å². The number of imidazole rings is 1. The molecule has 7 heteroatoms. The number of nitrogens with zero attached hydrogens (tertiary/aromatic N) is 3. The van der Waals surface area contributed by atoms with Gasteiger partial charge in [0, 0.05) is 19.3 Å². The number of hydrogen-bond acceptors (Lipinski definition) is 4. The second-order valence-corrected chi connectivity index (χ2v) is 8.98. The summed E-state index contributed by atoms with van der Waals surface area (Å²) in [7, 11) is 1.67. The molecule has 0 bridgehead atoms. The Morgan fingerprint density at radius 1 is 0.862 bits per heavy atom. The Morgan fingerprint density at radius 2 is 1.45 bits per heavy atom. The van der Waals surface area contributed by atoms with Crippen molar-refractivity contribution in [2.45, 2.75) is 103 Å². The number of unbranched alkanes of at least 4 members (excludes halogenated alkanes) is 10. The van der Waals surface area contributed by atoms with Crippen molar-refractivity contribution >= 4 is 22.9 Å². The van der Waals surface area contributed by atoms with Gasteiger partial charge in [-0.05, 0) is 12.8 Å². The van der Waals surface area contributed by atoms with Crippen LogP contribution in [0.15, 0.2) is 14.7 Å². The van der Waals surface area contributed by atoms with E-state index in [0.717, 1.165) is 36.7 Å². The smallest absolute Gasteiger partial charge is 0.313 e. The summed E-state index contributed by atoms with van der Waals surface area (Å²) in [5, 5.41) is 0.867. The lowest BCUT2D eigenvalue weighted by molar-refractivity contribution is 0.533. The molecule has 1 N–H and O–H groups in total. The predicted molar refractivity (Wildman–Crippen MR) is 123 cm³/mol. The maximum Gasteiger partial charge on any atom is 0.329 e. The molecule has 164 valence electrons. The highest BCUT2D eigenvalue weighted by atomic mass is 32.2. The van der Waals surface area contributed by atoms with Crippen molar-refractivity contribution in [3.05, 3.63) is 20.8 Å². The molecule has 0 amide bonds. The topological polar surface area (TPSA) is 72.7 Å². The Balaban J connectivity index is 2.04. The fourth-order valence-electron chi connectivity index (χ4n) is 3.63. The highest BCUT2D eigenvalue weighted by Gasteiger charge is 2.17. The minimum absolute atomic E-state index is 0.326. The van der Waals surface area contributed by atoms with Crippen LogP contribution in [-0.4, -0.2) is 24.9 Å². The highest BCUT2D eigenvalue weighted by Crippen LogP contribution is 2.24. The third-order valence-electron chi connectivity index (χ3n) is 5.44. The maximum atomic E-state index is 12.5. The molecule has 2 heterocycles. The second-order valence-electron chi connectivity index (χ2n) is 7.92. The van der Waals surface area contributed by atoms with Crippen molar-refractivity contribution in [1.29, 1.82) is 0 Å². The number of H-pyrrole nitrogens is 1. The summed E-state index contributed by atoms with van der Waals surface area (Å²) in [4.78, 5) is 31.6. The van der Waals surface area contributed by atoms with Crippen molar-refractivity contribution < 1.29 is 0 Å². The summed E-state index contributed by atoms with van der Waals surface area (Å²) in [6, 6.07) is 0. The molecule has 0 radical (unpaired) electrons. The van der Waals surface area contributed by atoms with E-state index in [1.165, 1.54) is 62.4 Å². The van der Waals surface area contributed by atoms with Crippen LogP contribution < -0.4 is 11.2 Å². The largest absolute Gasteiger partial charge is 0.329 e. The zero-order valence-corrected chi connectivity index (χ0v) is 19.3. The Kier molecular flexibility index (Phi) is 10.6. The molecule has 0 aliphatic carbocycles. The molecule has 0 fully saturated rings. The maximum absolute atomic E-state index is 12.5. The van der Waals surface area contributed by atoms with E-state index >= 15 is 0 Å². The van der Waals surface area contributed by atoms with Gasteiger partial charge in [0.1, 0.15) is 0 Å². The first-order valence-corrected chi connectivity index (χ1v) is 12.4. The van der Waals surface area contributed by atoms with Crippen LogP contribution in [0.25, 0.3) is 11.2 Å². The summed E-state index contributed by atoms with van der Waals surface area (Å²) in [5.41, 5.74) is 0.298. The van der Waals surface area contributed by atoms with Gasteiger partial charge < -0.3 is 4.57 Å². The lowest BCUT2D eigenvalue weighted by Gasteiger charge is -2.08. The fraction of sp³-hybridized carbons (Fsp3) is 0.773. The van der Waals surface area contributed by atoms with Crippen LogP contribution in [0.5, 0.6) is 0 Å². The Labute approximate surface area is 178 Å². The first-order chi connectivity index (χ1) is 14.1. The molecule has 0 atom stereocenters. The molecule has 0 saturated heterocycles. The molecular formula is C22H38N4O2S. The van der Waals surface area contributed by atoms with E-state index in [1.807, 2.05) is 4.57 Å². The molecule has 0 spiro atoms. The summed E-state index contributed by atoms with van der Waals surface area (Å²) in [6.45, 7) is 5.24. The van der Waals surface area contributed by atoms with Gasteiger partial charge in [-0.2, -0.15) is 0 Å². The Morgan fingerprint density at radius 3 is 2.10 bits per heavy atom. The third-order valence-corrected chi connectivity index (χ3v) is 6.50. The first kappa shape index (κ1) is 23.8. The first-order valence-electron chi connectivity index (χ1n) is 11.4. The standard InChI is InChI=1S/C22H38N4O2S/c1-4-6-8-10-11-12-13-14-16-26-18-19(25(3)21(28)24-20(18)27)23-22(26)29-17-15-9-7-5-2/h4-17H2,1-3H3,(H,24,27,28). The number of aromatic amines is 1. The van der Waals surface area contributed by atoms with Gasteiger partial charge in [-0.1, -0.05) is 89.8 Å². The zero-order chi connectivity index (χ0) is 21.1. The molecule has 0 saturated carbocycles. The normalized spacial score (nSPS) is 11.6. The minimum atomic E-state index is -0.404. The average molecular weight is 423 g/mol. The highest BCUT2D eigenvalue weighted by molar-refractivity contribution is 7.99. The molecule has 0 aromatic carbocycles. The second kappa shape index (κ2) is 12.9. The van der Waals surface area contributed by atoms with E-state index in [-0.39, 0.29) is 5.56 Å². The molecule has 2 aromatic heterocycles. The van der Waals surface area contributed by atoms with Crippen LogP contribution >= 0.6 is 11.8 Å². The van der Waals surface area contributed by atoms with Gasteiger partial charge in [0.25, 0.3) is 5.56 Å². The summed E-state index contributed by atoms with van der Waals surface area (Å²) < 4.78 is 3.48. The van der Waals surface area contributed by atoms with Crippen molar-refractivity contribution in [2.75, 3.05) is 5.75 Å². The van der Waals surface area contributed by atoms with Crippen LogP contribution in [0.2, 0.25) is 0 Å². The van der Waals surface area contributed by atoms with Crippen LogP contribution in [0.1, 0.15) is 90.9 Å². The number of nitrogens with one attached hydrogen (secondary N) is 1. The monoisotopic (exact) mass is 422 g/mol. The minimum Gasteiger partial charge on any atom is -0.313 e. The number of hydrogen-bond donors (Lipinski definition) is 1. The molecule has 6 nitrogen and oxygen atoms in total. The lowest BCUT2D eigenvalue weighted by atomic mass is 10.1. The van der Waals surface area contributed by atoms with Gasteiger partial charge in [-0.3, -0.25) is 14.3 Å². The van der Waals surface area contributed by atoms with Gasteiger partial charge >= 0.3 is 5.69 Å². The van der Waals surface area contributed by atoms with E-state index in [2.05, 4.69) is 23.8 Å². The third kappa shape index (κ3) is 7.05. The molecule has 0 unspecified atom stereocenters. The number of thioether (sulfide) groups is 1. The summed E-state index contributed by atoms with van der Waals surface area (Å²) >= 11 is 1.71. The summed E-state index contributed by atoms with van der Waals surface area (Å²) in [5.74, 6) is 0.993. The molecule has 0 aliphatic heterocycles. The molecule has 0 aliphatic rings.